The summed E-state index contributed by atoms with van der Waals surface area (Å²) >= 11 is 0. The first-order chi connectivity index (χ1) is 8.69. The zero-order valence-corrected chi connectivity index (χ0v) is 10.6. The number of aromatic nitrogens is 2. The Hall–Kier alpha value is -1.69. The number of piperidine rings is 1. The third-order valence-corrected chi connectivity index (χ3v) is 3.23. The van der Waals surface area contributed by atoms with Gasteiger partial charge in [0.1, 0.15) is 5.82 Å². The van der Waals surface area contributed by atoms with Crippen LogP contribution in [0.4, 0.5) is 5.82 Å². The molecule has 1 saturated heterocycles. The minimum atomic E-state index is 0.0884. The van der Waals surface area contributed by atoms with E-state index >= 15 is 0 Å². The minimum absolute atomic E-state index is 0.0884. The molecule has 1 unspecified atom stereocenters. The van der Waals surface area contributed by atoms with Gasteiger partial charge in [0.15, 0.2) is 0 Å². The molecule has 98 valence electrons. The van der Waals surface area contributed by atoms with Crippen LogP contribution in [0.2, 0.25) is 0 Å². The maximum atomic E-state index is 11.6. The monoisotopic (exact) mass is 249 g/mol. The quantitative estimate of drug-likeness (QED) is 0.788. The van der Waals surface area contributed by atoms with Gasteiger partial charge in [0, 0.05) is 20.1 Å². The van der Waals surface area contributed by atoms with Crippen molar-refractivity contribution in [1.82, 2.24) is 20.2 Å². The van der Waals surface area contributed by atoms with Gasteiger partial charge in [-0.2, -0.15) is 0 Å². The maximum absolute atomic E-state index is 11.6. The summed E-state index contributed by atoms with van der Waals surface area (Å²) in [5.41, 5.74) is 6.39. The van der Waals surface area contributed by atoms with Crippen LogP contribution >= 0.6 is 0 Å². The van der Waals surface area contributed by atoms with Gasteiger partial charge in [0.2, 0.25) is 5.91 Å². The van der Waals surface area contributed by atoms with Gasteiger partial charge < -0.3 is 11.1 Å². The number of nitrogens with zero attached hydrogens (tertiary/aromatic N) is 3. The summed E-state index contributed by atoms with van der Waals surface area (Å²) in [5, 5.41) is 2.72. The van der Waals surface area contributed by atoms with Crippen LogP contribution in [0.15, 0.2) is 12.4 Å². The van der Waals surface area contributed by atoms with E-state index < -0.39 is 0 Å². The second-order valence-corrected chi connectivity index (χ2v) is 4.62. The smallest absolute Gasteiger partial charge is 0.224 e. The molecule has 1 amide bonds. The molecule has 0 bridgehead atoms. The van der Waals surface area contributed by atoms with Crippen molar-refractivity contribution in [2.24, 2.45) is 5.92 Å². The van der Waals surface area contributed by atoms with E-state index in [1.165, 1.54) is 0 Å². The number of nitrogens with two attached hydrogens (primary N) is 1. The Morgan fingerprint density at radius 3 is 3.06 bits per heavy atom. The number of nitrogens with one attached hydrogen (secondary N) is 1. The Morgan fingerprint density at radius 1 is 1.56 bits per heavy atom. The van der Waals surface area contributed by atoms with Crippen LogP contribution in [-0.4, -0.2) is 40.9 Å². The third kappa shape index (κ3) is 3.16. The molecule has 1 fully saturated rings. The highest BCUT2D eigenvalue weighted by molar-refractivity contribution is 5.78. The second kappa shape index (κ2) is 5.77. The van der Waals surface area contributed by atoms with E-state index in [1.807, 2.05) is 0 Å². The Balaban J connectivity index is 1.93. The zero-order valence-electron chi connectivity index (χ0n) is 10.6. The van der Waals surface area contributed by atoms with E-state index in [4.69, 9.17) is 5.73 Å². The van der Waals surface area contributed by atoms with Gasteiger partial charge in [-0.3, -0.25) is 14.7 Å². The van der Waals surface area contributed by atoms with Crippen LogP contribution in [0.3, 0.4) is 0 Å². The van der Waals surface area contributed by atoms with Crippen molar-refractivity contribution >= 4 is 11.7 Å². The van der Waals surface area contributed by atoms with Crippen molar-refractivity contribution in [3.05, 3.63) is 18.1 Å². The molecule has 0 spiro atoms. The molecular weight excluding hydrogens is 230 g/mol. The van der Waals surface area contributed by atoms with E-state index in [0.717, 1.165) is 38.2 Å². The van der Waals surface area contributed by atoms with Gasteiger partial charge in [-0.25, -0.2) is 4.98 Å². The lowest BCUT2D eigenvalue weighted by Gasteiger charge is -2.31. The second-order valence-electron chi connectivity index (χ2n) is 4.62. The lowest BCUT2D eigenvalue weighted by atomic mass is 9.97. The first-order valence-corrected chi connectivity index (χ1v) is 6.19. The Labute approximate surface area is 107 Å². The molecule has 0 aliphatic carbocycles. The maximum Gasteiger partial charge on any atom is 0.224 e. The zero-order chi connectivity index (χ0) is 13.0. The number of carbonyl (C=O) groups excluding carboxylic acids is 1. The van der Waals surface area contributed by atoms with Crippen molar-refractivity contribution in [2.75, 3.05) is 25.9 Å². The molecule has 0 saturated carbocycles. The van der Waals surface area contributed by atoms with Gasteiger partial charge in [-0.05, 0) is 19.4 Å². The average molecular weight is 249 g/mol. The van der Waals surface area contributed by atoms with Crippen molar-refractivity contribution in [3.63, 3.8) is 0 Å². The van der Waals surface area contributed by atoms with Crippen LogP contribution in [0.5, 0.6) is 0 Å². The number of amides is 1. The minimum Gasteiger partial charge on any atom is -0.382 e. The van der Waals surface area contributed by atoms with Gasteiger partial charge in [-0.1, -0.05) is 0 Å². The van der Waals surface area contributed by atoms with E-state index in [0.29, 0.717) is 5.82 Å². The lowest BCUT2D eigenvalue weighted by Crippen LogP contribution is -2.41. The summed E-state index contributed by atoms with van der Waals surface area (Å²) in [6, 6.07) is 0. The SMILES string of the molecule is CNC(=O)C1CCCN(Cc2cnc(N)cn2)C1. The first kappa shape index (κ1) is 12.8. The molecule has 6 nitrogen and oxygen atoms in total. The van der Waals surface area contributed by atoms with Gasteiger partial charge in [-0.15, -0.1) is 0 Å². The van der Waals surface area contributed by atoms with Crippen molar-refractivity contribution in [3.8, 4) is 0 Å². The fraction of sp³-hybridized carbons (Fsp3) is 0.583. The number of hydrogen-bond acceptors (Lipinski definition) is 5. The molecule has 18 heavy (non-hydrogen) atoms. The van der Waals surface area contributed by atoms with E-state index in [2.05, 4.69) is 20.2 Å². The summed E-state index contributed by atoms with van der Waals surface area (Å²) in [5.74, 6) is 0.647. The molecule has 6 heteroatoms. The molecule has 1 aromatic rings. The van der Waals surface area contributed by atoms with Crippen LogP contribution in [-0.2, 0) is 11.3 Å². The molecule has 2 heterocycles. The molecule has 1 aliphatic heterocycles. The molecule has 2 rings (SSSR count). The van der Waals surface area contributed by atoms with Crippen molar-refractivity contribution in [1.29, 1.82) is 0 Å². The highest BCUT2D eigenvalue weighted by Crippen LogP contribution is 2.18. The molecule has 1 atom stereocenters. The fourth-order valence-corrected chi connectivity index (χ4v) is 2.29. The predicted molar refractivity (Wildman–Crippen MR) is 68.5 cm³/mol. The van der Waals surface area contributed by atoms with Gasteiger partial charge in [0.05, 0.1) is 24.0 Å². The van der Waals surface area contributed by atoms with Crippen molar-refractivity contribution in [2.45, 2.75) is 19.4 Å². The molecular formula is C12H19N5O. The number of likely N-dealkylation sites (tertiary alicyclic amines) is 1. The van der Waals surface area contributed by atoms with Crippen LogP contribution < -0.4 is 11.1 Å². The normalized spacial score (nSPS) is 20.6. The predicted octanol–water partition coefficient (Wildman–Crippen LogP) is 0.0168. The standard InChI is InChI=1S/C12H19N5O/c1-14-12(18)9-3-2-4-17(7-9)8-10-5-16-11(13)6-15-10/h5-6,9H,2-4,7-8H2,1H3,(H2,13,16)(H,14,18). The number of carbonyl (C=O) groups is 1. The summed E-state index contributed by atoms with van der Waals surface area (Å²) in [6.45, 7) is 2.51. The Kier molecular flexibility index (Phi) is 4.09. The largest absolute Gasteiger partial charge is 0.382 e. The molecule has 0 radical (unpaired) electrons. The van der Waals surface area contributed by atoms with Crippen LogP contribution in [0.25, 0.3) is 0 Å². The highest BCUT2D eigenvalue weighted by atomic mass is 16.1. The third-order valence-electron chi connectivity index (χ3n) is 3.23. The summed E-state index contributed by atoms with van der Waals surface area (Å²) in [7, 11) is 1.69. The van der Waals surface area contributed by atoms with E-state index in [9.17, 15) is 4.79 Å². The van der Waals surface area contributed by atoms with E-state index in [1.54, 1.807) is 19.4 Å². The average Bonchev–Trinajstić information content (AvgIpc) is 2.41. The number of rotatable bonds is 3. The van der Waals surface area contributed by atoms with Crippen LogP contribution in [0.1, 0.15) is 18.5 Å². The number of hydrogen-bond donors (Lipinski definition) is 2. The number of nitrogen functional groups attached to an aromatic ring is 1. The highest BCUT2D eigenvalue weighted by Gasteiger charge is 2.25. The Bertz CT molecular complexity index is 405. The molecule has 1 aromatic heterocycles. The molecule has 0 aromatic carbocycles. The van der Waals surface area contributed by atoms with Gasteiger partial charge >= 0.3 is 0 Å². The van der Waals surface area contributed by atoms with Gasteiger partial charge in [0.25, 0.3) is 0 Å². The number of anilines is 1. The Morgan fingerprint density at radius 2 is 2.39 bits per heavy atom. The topological polar surface area (TPSA) is 84.1 Å². The first-order valence-electron chi connectivity index (χ1n) is 6.19. The fourth-order valence-electron chi connectivity index (χ4n) is 2.29. The lowest BCUT2D eigenvalue weighted by molar-refractivity contribution is -0.126. The van der Waals surface area contributed by atoms with Crippen LogP contribution in [0, 0.1) is 5.92 Å². The molecule has 1 aliphatic rings. The molecule has 3 N–H and O–H groups in total. The summed E-state index contributed by atoms with van der Waals surface area (Å²) in [6.07, 6.45) is 5.26. The van der Waals surface area contributed by atoms with Crippen molar-refractivity contribution < 1.29 is 4.79 Å². The summed E-state index contributed by atoms with van der Waals surface area (Å²) < 4.78 is 0. The summed E-state index contributed by atoms with van der Waals surface area (Å²) in [4.78, 5) is 22.1. The van der Waals surface area contributed by atoms with E-state index in [-0.39, 0.29) is 11.8 Å².